The molecule has 0 fully saturated rings. The summed E-state index contributed by atoms with van der Waals surface area (Å²) in [6.45, 7) is 3.12. The van der Waals surface area contributed by atoms with Crippen LogP contribution in [-0.2, 0) is 0 Å². The summed E-state index contributed by atoms with van der Waals surface area (Å²) in [5.41, 5.74) is 0.464. The van der Waals surface area contributed by atoms with Crippen molar-refractivity contribution >= 4 is 12.6 Å². The molecular weight excluding hydrogens is 184 g/mol. The zero-order chi connectivity index (χ0) is 10.9. The molecule has 0 atom stereocenters. The molecule has 2 N–H and O–H groups in total. The normalized spacial score (nSPS) is 9.86. The van der Waals surface area contributed by atoms with Crippen LogP contribution in [0, 0.1) is 13.8 Å². The van der Waals surface area contributed by atoms with Gasteiger partial charge in [-0.15, -0.1) is 0 Å². The highest BCUT2D eigenvalue weighted by Crippen LogP contribution is 2.34. The van der Waals surface area contributed by atoms with Gasteiger partial charge in [0.15, 0.2) is 12.6 Å². The minimum atomic E-state index is -0.252. The van der Waals surface area contributed by atoms with E-state index in [0.717, 1.165) is 0 Å². The summed E-state index contributed by atoms with van der Waals surface area (Å²) >= 11 is 0. The van der Waals surface area contributed by atoms with Gasteiger partial charge < -0.3 is 10.2 Å². The largest absolute Gasteiger partial charge is 0.507 e. The molecule has 0 aliphatic rings. The van der Waals surface area contributed by atoms with Crippen LogP contribution in [0.2, 0.25) is 0 Å². The zero-order valence-corrected chi connectivity index (χ0v) is 7.87. The molecule has 0 radical (unpaired) electrons. The molecular formula is C10H10O4. The SMILES string of the molecule is Cc1c(C)c(O)c(C=O)c(C=O)c1O. The summed E-state index contributed by atoms with van der Waals surface area (Å²) in [5.74, 6) is -0.505. The number of hydrogen-bond donors (Lipinski definition) is 2. The van der Waals surface area contributed by atoms with Crippen LogP contribution in [0.3, 0.4) is 0 Å². The van der Waals surface area contributed by atoms with Gasteiger partial charge in [-0.25, -0.2) is 0 Å². The number of carbonyl (C=O) groups excluding carboxylic acids is 2. The Bertz CT molecular complexity index is 368. The third-order valence-electron chi connectivity index (χ3n) is 2.31. The van der Waals surface area contributed by atoms with Crippen LogP contribution >= 0.6 is 0 Å². The molecule has 14 heavy (non-hydrogen) atoms. The first-order chi connectivity index (χ1) is 6.54. The number of hydrogen-bond acceptors (Lipinski definition) is 4. The number of aromatic hydroxyl groups is 2. The number of rotatable bonds is 2. The predicted octanol–water partition coefficient (Wildman–Crippen LogP) is 1.34. The third-order valence-corrected chi connectivity index (χ3v) is 2.31. The molecule has 0 bridgehead atoms. The zero-order valence-electron chi connectivity index (χ0n) is 7.87. The Kier molecular flexibility index (Phi) is 2.56. The van der Waals surface area contributed by atoms with Crippen LogP contribution in [0.4, 0.5) is 0 Å². The minimum absolute atomic E-state index is 0.166. The number of benzene rings is 1. The van der Waals surface area contributed by atoms with Gasteiger partial charge in [0.1, 0.15) is 11.5 Å². The molecule has 0 aliphatic heterocycles. The van der Waals surface area contributed by atoms with E-state index in [0.29, 0.717) is 23.7 Å². The van der Waals surface area contributed by atoms with E-state index < -0.39 is 0 Å². The van der Waals surface area contributed by atoms with Crippen LogP contribution in [0.15, 0.2) is 0 Å². The highest BCUT2D eigenvalue weighted by atomic mass is 16.3. The standard InChI is InChI=1S/C10H10O4/c1-5-6(2)10(14)8(4-12)7(3-11)9(5)13/h3-4,13-14H,1-2H3. The lowest BCUT2D eigenvalue weighted by Gasteiger charge is -2.10. The van der Waals surface area contributed by atoms with Gasteiger partial charge in [0.25, 0.3) is 0 Å². The Morgan fingerprint density at radius 3 is 1.36 bits per heavy atom. The molecule has 74 valence electrons. The summed E-state index contributed by atoms with van der Waals surface area (Å²) in [6.07, 6.45) is 0.705. The van der Waals surface area contributed by atoms with Gasteiger partial charge in [0.05, 0.1) is 11.1 Å². The van der Waals surface area contributed by atoms with Crippen LogP contribution < -0.4 is 0 Å². The molecule has 1 aromatic carbocycles. The van der Waals surface area contributed by atoms with Gasteiger partial charge in [-0.1, -0.05) is 0 Å². The van der Waals surface area contributed by atoms with Crippen molar-refractivity contribution in [2.45, 2.75) is 13.8 Å². The van der Waals surface area contributed by atoms with Crippen molar-refractivity contribution in [1.29, 1.82) is 0 Å². The fourth-order valence-electron chi connectivity index (χ4n) is 1.25. The minimum Gasteiger partial charge on any atom is -0.507 e. The predicted molar refractivity (Wildman–Crippen MR) is 50.0 cm³/mol. The molecule has 0 saturated carbocycles. The van der Waals surface area contributed by atoms with E-state index in [1.807, 2.05) is 0 Å². The van der Waals surface area contributed by atoms with Gasteiger partial charge in [0.2, 0.25) is 0 Å². The molecule has 0 saturated heterocycles. The van der Waals surface area contributed by atoms with E-state index in [-0.39, 0.29) is 22.6 Å². The Morgan fingerprint density at radius 2 is 1.14 bits per heavy atom. The first-order valence-corrected chi connectivity index (χ1v) is 4.00. The van der Waals surface area contributed by atoms with E-state index >= 15 is 0 Å². The number of phenolic OH excluding ortho intramolecular Hbond substituents is 2. The second-order valence-corrected chi connectivity index (χ2v) is 3.01. The van der Waals surface area contributed by atoms with Crippen molar-refractivity contribution in [3.05, 3.63) is 22.3 Å². The van der Waals surface area contributed by atoms with Gasteiger partial charge in [-0.3, -0.25) is 9.59 Å². The Hall–Kier alpha value is -1.84. The first-order valence-electron chi connectivity index (χ1n) is 4.00. The van der Waals surface area contributed by atoms with E-state index in [1.54, 1.807) is 13.8 Å². The molecule has 4 nitrogen and oxygen atoms in total. The molecule has 1 rings (SSSR count). The summed E-state index contributed by atoms with van der Waals surface area (Å²) in [6, 6.07) is 0. The van der Waals surface area contributed by atoms with Gasteiger partial charge in [0, 0.05) is 0 Å². The molecule has 0 aromatic heterocycles. The molecule has 0 amide bonds. The maximum absolute atomic E-state index is 10.6. The third kappa shape index (κ3) is 1.25. The number of aldehydes is 2. The quantitative estimate of drug-likeness (QED) is 0.550. The van der Waals surface area contributed by atoms with Crippen molar-refractivity contribution in [3.63, 3.8) is 0 Å². The Morgan fingerprint density at radius 1 is 0.857 bits per heavy atom. The molecule has 0 aliphatic carbocycles. The maximum atomic E-state index is 10.6. The van der Waals surface area contributed by atoms with Gasteiger partial charge in [-0.05, 0) is 25.0 Å². The molecule has 0 unspecified atom stereocenters. The Balaban J connectivity index is 3.73. The summed E-state index contributed by atoms with van der Waals surface area (Å²) in [5, 5.41) is 19.0. The molecule has 0 heterocycles. The lowest BCUT2D eigenvalue weighted by Crippen LogP contribution is -1.97. The average Bonchev–Trinajstić information content (AvgIpc) is 2.20. The second kappa shape index (κ2) is 3.49. The fraction of sp³-hybridized carbons (Fsp3) is 0.200. The van der Waals surface area contributed by atoms with Crippen LogP contribution in [0.5, 0.6) is 11.5 Å². The van der Waals surface area contributed by atoms with E-state index in [4.69, 9.17) is 0 Å². The second-order valence-electron chi connectivity index (χ2n) is 3.01. The van der Waals surface area contributed by atoms with Crippen molar-refractivity contribution in [2.24, 2.45) is 0 Å². The fourth-order valence-corrected chi connectivity index (χ4v) is 1.25. The van der Waals surface area contributed by atoms with Gasteiger partial charge >= 0.3 is 0 Å². The highest BCUT2D eigenvalue weighted by molar-refractivity contribution is 5.96. The Labute approximate surface area is 80.8 Å². The number of carbonyl (C=O) groups is 2. The van der Waals surface area contributed by atoms with Crippen LogP contribution in [0.25, 0.3) is 0 Å². The number of phenols is 2. The van der Waals surface area contributed by atoms with Crippen LogP contribution in [0.1, 0.15) is 31.8 Å². The average molecular weight is 194 g/mol. The maximum Gasteiger partial charge on any atom is 0.154 e. The molecule has 1 aromatic rings. The van der Waals surface area contributed by atoms with E-state index in [1.165, 1.54) is 0 Å². The van der Waals surface area contributed by atoms with E-state index in [2.05, 4.69) is 0 Å². The van der Waals surface area contributed by atoms with Gasteiger partial charge in [-0.2, -0.15) is 0 Å². The summed E-state index contributed by atoms with van der Waals surface area (Å²) < 4.78 is 0. The highest BCUT2D eigenvalue weighted by Gasteiger charge is 2.17. The monoisotopic (exact) mass is 194 g/mol. The molecule has 0 spiro atoms. The first kappa shape index (κ1) is 10.2. The topological polar surface area (TPSA) is 74.6 Å². The van der Waals surface area contributed by atoms with Crippen molar-refractivity contribution in [3.8, 4) is 11.5 Å². The smallest absolute Gasteiger partial charge is 0.154 e. The van der Waals surface area contributed by atoms with E-state index in [9.17, 15) is 19.8 Å². The summed E-state index contributed by atoms with van der Waals surface area (Å²) in [4.78, 5) is 21.2. The lowest BCUT2D eigenvalue weighted by atomic mass is 9.98. The van der Waals surface area contributed by atoms with Crippen LogP contribution in [-0.4, -0.2) is 22.8 Å². The molecule has 4 heteroatoms. The van der Waals surface area contributed by atoms with Crippen molar-refractivity contribution in [2.75, 3.05) is 0 Å². The van der Waals surface area contributed by atoms with Crippen molar-refractivity contribution < 1.29 is 19.8 Å². The van der Waals surface area contributed by atoms with Crippen molar-refractivity contribution in [1.82, 2.24) is 0 Å². The lowest BCUT2D eigenvalue weighted by molar-refractivity contribution is 0.109. The summed E-state index contributed by atoms with van der Waals surface area (Å²) in [7, 11) is 0.